The average molecular weight is 936 g/mol. The van der Waals surface area contributed by atoms with Crippen molar-refractivity contribution in [2.45, 2.75) is 109 Å². The van der Waals surface area contributed by atoms with Crippen LogP contribution >= 0.6 is 0 Å². The molecule has 0 radical (unpaired) electrons. The lowest BCUT2D eigenvalue weighted by molar-refractivity contribution is -0.158. The third-order valence-corrected chi connectivity index (χ3v) is 14.8. The minimum Gasteiger partial charge on any atom is -0.464 e. The number of likely N-dealkylation sites (N-methyl/N-ethyl adjacent to an activating group) is 1. The van der Waals surface area contributed by atoms with Crippen molar-refractivity contribution in [1.82, 2.24) is 35.1 Å². The van der Waals surface area contributed by atoms with E-state index in [9.17, 15) is 24.0 Å². The van der Waals surface area contributed by atoms with Crippen molar-refractivity contribution in [3.8, 4) is 22.4 Å². The monoisotopic (exact) mass is 935 g/mol. The Morgan fingerprint density at radius 1 is 1.13 bits per heavy atom. The van der Waals surface area contributed by atoms with Gasteiger partial charge in [-0.1, -0.05) is 50.8 Å². The van der Waals surface area contributed by atoms with Crippen molar-refractivity contribution >= 4 is 50.7 Å². The standard InChI is InChI=1S/C51H66FN7O7Si/c1-10-41(60)57-24-20-35(29-57)46(62)56(8)44(50(6,7)52)45(61)54-39-26-32-15-12-16-33(25-32)34-18-19-40-37(27-34)38(43(58(40)11-2)36-17-13-22-53-42(36)31(3)65-9)28-49(4,5)30-66-48(64)51(67)21-14-23-59(55-51)47(39)63/h10,12-13,15-19,22,25,27,31,35,39,44,55H,1,11,14,20-21,23-24,26,28-30H2,2-9,67H3,(H,54,61)/t31-,35-,39-,44+,51-/m0/s1. The molecule has 16 heteroatoms. The van der Waals surface area contributed by atoms with Crippen molar-refractivity contribution in [2.75, 3.05) is 40.4 Å². The molecule has 4 amide bonds. The Morgan fingerprint density at radius 3 is 2.58 bits per heavy atom. The summed E-state index contributed by atoms with van der Waals surface area (Å²) in [6, 6.07) is 15.4. The molecule has 6 bridgehead atoms. The molecule has 5 atom stereocenters. The third kappa shape index (κ3) is 10.1. The quantitative estimate of drug-likeness (QED) is 0.126. The van der Waals surface area contributed by atoms with E-state index >= 15 is 4.39 Å². The summed E-state index contributed by atoms with van der Waals surface area (Å²) >= 11 is 0. The average Bonchev–Trinajstić information content (AvgIpc) is 3.91. The number of fused-ring (bicyclic) bond motifs is 6. The van der Waals surface area contributed by atoms with Crippen LogP contribution in [0.2, 0.25) is 0 Å². The number of aromatic nitrogens is 2. The van der Waals surface area contributed by atoms with Gasteiger partial charge in [-0.2, -0.15) is 0 Å². The van der Waals surface area contributed by atoms with Crippen LogP contribution in [0.15, 0.2) is 73.4 Å². The summed E-state index contributed by atoms with van der Waals surface area (Å²) < 4.78 is 30.7. The van der Waals surface area contributed by atoms with E-state index < -0.39 is 57.9 Å². The predicted octanol–water partition coefficient (Wildman–Crippen LogP) is 5.05. The number of hydrogen-bond acceptors (Lipinski definition) is 9. The van der Waals surface area contributed by atoms with Gasteiger partial charge < -0.3 is 29.2 Å². The Balaban J connectivity index is 1.32. The number of pyridine rings is 1. The van der Waals surface area contributed by atoms with E-state index in [-0.39, 0.29) is 38.1 Å². The van der Waals surface area contributed by atoms with E-state index in [1.165, 1.54) is 36.9 Å². The number of esters is 1. The maximum Gasteiger partial charge on any atom is 0.323 e. The fraction of sp³-hybridized carbons (Fsp3) is 0.490. The lowest BCUT2D eigenvalue weighted by atomic mass is 9.84. The number of benzene rings is 2. The van der Waals surface area contributed by atoms with Crippen LogP contribution in [-0.2, 0) is 52.8 Å². The molecule has 3 aliphatic rings. The summed E-state index contributed by atoms with van der Waals surface area (Å²) in [6.45, 7) is 15.8. The molecular weight excluding hydrogens is 870 g/mol. The number of nitrogens with one attached hydrogen (secondary N) is 2. The zero-order valence-electron chi connectivity index (χ0n) is 40.4. The first-order valence-electron chi connectivity index (χ1n) is 23.4. The highest BCUT2D eigenvalue weighted by Gasteiger charge is 2.46. The zero-order chi connectivity index (χ0) is 48.6. The van der Waals surface area contributed by atoms with Crippen molar-refractivity contribution < 1.29 is 37.8 Å². The number of hydrogen-bond donors (Lipinski definition) is 2. The number of aryl methyl sites for hydroxylation is 1. The maximum absolute atomic E-state index is 16.3. The van der Waals surface area contributed by atoms with Gasteiger partial charge in [0.15, 0.2) is 0 Å². The van der Waals surface area contributed by atoms with Crippen molar-refractivity contribution in [1.29, 1.82) is 0 Å². The van der Waals surface area contributed by atoms with Gasteiger partial charge in [0.25, 0.3) is 5.91 Å². The zero-order valence-corrected chi connectivity index (χ0v) is 42.4. The summed E-state index contributed by atoms with van der Waals surface area (Å²) in [5.74, 6) is -3.26. The molecule has 2 aromatic carbocycles. The SMILES string of the molecule is C=CC(=O)N1CC[C@H](C(=O)N(C)[C@H](C(=O)N[C@H]2Cc3cccc(c3)-c3ccc4c(c3)c(c(-c3cccnc3[C@H](C)OC)n4CC)CC(C)(C)COC(=O)[C@@]3([SiH3])CCCN(N3)C2=O)C(C)(C)F)C1. The number of alkyl halides is 1. The van der Waals surface area contributed by atoms with Crippen LogP contribution in [0.25, 0.3) is 33.3 Å². The van der Waals surface area contributed by atoms with Crippen LogP contribution in [0.4, 0.5) is 4.39 Å². The number of amides is 4. The van der Waals surface area contributed by atoms with Gasteiger partial charge in [-0.3, -0.25) is 34.0 Å². The van der Waals surface area contributed by atoms with E-state index in [4.69, 9.17) is 14.5 Å². The van der Waals surface area contributed by atoms with Gasteiger partial charge >= 0.3 is 5.97 Å². The second-order valence-electron chi connectivity index (χ2n) is 19.9. The van der Waals surface area contributed by atoms with E-state index in [1.807, 2.05) is 37.3 Å². The van der Waals surface area contributed by atoms with E-state index in [1.54, 1.807) is 13.3 Å². The predicted molar refractivity (Wildman–Crippen MR) is 259 cm³/mol. The topological polar surface area (TPSA) is 155 Å². The van der Waals surface area contributed by atoms with Gasteiger partial charge in [0.1, 0.15) is 22.9 Å². The molecule has 2 saturated heterocycles. The summed E-state index contributed by atoms with van der Waals surface area (Å²) in [4.78, 5) is 77.3. The number of carbonyl (C=O) groups excluding carboxylic acids is 5. The second kappa shape index (κ2) is 19.5. The highest BCUT2D eigenvalue weighted by atomic mass is 28.1. The lowest BCUT2D eigenvalue weighted by Gasteiger charge is -2.42. The summed E-state index contributed by atoms with van der Waals surface area (Å²) in [5, 5.41) is 4.15. The number of likely N-dealkylation sites (tertiary alicyclic amines) is 1. The number of hydrazine groups is 1. The molecule has 3 aliphatic heterocycles. The van der Waals surface area contributed by atoms with Gasteiger partial charge in [0, 0.05) is 85.1 Å². The Hall–Kier alpha value is -5.71. The van der Waals surface area contributed by atoms with Crippen molar-refractivity contribution in [3.63, 3.8) is 0 Å². The Labute approximate surface area is 396 Å². The molecule has 0 spiro atoms. The van der Waals surface area contributed by atoms with Gasteiger partial charge in [0.2, 0.25) is 17.7 Å². The highest BCUT2D eigenvalue weighted by Crippen LogP contribution is 2.42. The minimum absolute atomic E-state index is 0.0209. The van der Waals surface area contributed by atoms with Crippen LogP contribution in [0.1, 0.15) is 83.7 Å². The molecule has 0 saturated carbocycles. The van der Waals surface area contributed by atoms with Gasteiger partial charge in [-0.15, -0.1) is 0 Å². The largest absolute Gasteiger partial charge is 0.464 e. The molecule has 2 aromatic heterocycles. The molecule has 5 heterocycles. The first-order chi connectivity index (χ1) is 31.7. The number of nitrogens with zero attached hydrogens (tertiary/aromatic N) is 5. The second-order valence-corrected chi connectivity index (χ2v) is 21.6. The number of cyclic esters (lactones) is 1. The van der Waals surface area contributed by atoms with Gasteiger partial charge in [-0.05, 0) is 106 Å². The third-order valence-electron chi connectivity index (χ3n) is 13.7. The van der Waals surface area contributed by atoms with Gasteiger partial charge in [0.05, 0.1) is 30.0 Å². The number of methoxy groups -OCH3 is 1. The van der Waals surface area contributed by atoms with Crippen LogP contribution in [-0.4, -0.2) is 128 Å². The smallest absolute Gasteiger partial charge is 0.323 e. The summed E-state index contributed by atoms with van der Waals surface area (Å²) in [5.41, 5.74) is 7.95. The van der Waals surface area contributed by atoms with E-state index in [0.717, 1.165) is 55.0 Å². The molecular formula is C51H66FN7O7Si. The molecule has 0 aliphatic carbocycles. The van der Waals surface area contributed by atoms with E-state index in [0.29, 0.717) is 49.0 Å². The molecule has 2 fully saturated rings. The Morgan fingerprint density at radius 2 is 1.88 bits per heavy atom. The van der Waals surface area contributed by atoms with E-state index in [2.05, 4.69) is 66.9 Å². The lowest BCUT2D eigenvalue weighted by Crippen LogP contribution is -2.68. The first kappa shape index (κ1) is 49.2. The summed E-state index contributed by atoms with van der Waals surface area (Å²) in [7, 11) is 3.36. The fourth-order valence-corrected chi connectivity index (χ4v) is 10.9. The molecule has 7 rings (SSSR count). The van der Waals surface area contributed by atoms with Crippen molar-refractivity contribution in [2.24, 2.45) is 11.3 Å². The number of halogens is 1. The first-order valence-corrected chi connectivity index (χ1v) is 24.4. The molecule has 14 nitrogen and oxygen atoms in total. The van der Waals surface area contributed by atoms with Crippen LogP contribution in [0.3, 0.4) is 0 Å². The Kier molecular flexibility index (Phi) is 14.3. The number of carbonyl (C=O) groups is 5. The van der Waals surface area contributed by atoms with Crippen LogP contribution < -0.4 is 10.7 Å². The minimum atomic E-state index is -2.23. The fourth-order valence-electron chi connectivity index (χ4n) is 10.1. The molecule has 2 N–H and O–H groups in total. The molecule has 4 aromatic rings. The van der Waals surface area contributed by atoms with Crippen LogP contribution in [0.5, 0.6) is 0 Å². The van der Waals surface area contributed by atoms with Crippen molar-refractivity contribution in [3.05, 3.63) is 90.3 Å². The molecule has 0 unspecified atom stereocenters. The normalized spacial score (nSPS) is 22.2. The maximum atomic E-state index is 16.3. The Bertz CT molecular complexity index is 2570. The number of ether oxygens (including phenoxy) is 2. The van der Waals surface area contributed by atoms with Gasteiger partial charge in [-0.25, -0.2) is 9.82 Å². The summed E-state index contributed by atoms with van der Waals surface area (Å²) in [6.07, 6.45) is 4.57. The number of rotatable bonds is 10. The molecule has 358 valence electrons. The molecule has 67 heavy (non-hydrogen) atoms. The van der Waals surface area contributed by atoms with Crippen LogP contribution in [0, 0.1) is 11.3 Å². The highest BCUT2D eigenvalue weighted by molar-refractivity contribution is 6.27.